The Balaban J connectivity index is 1.62. The lowest BCUT2D eigenvalue weighted by Crippen LogP contribution is -2.42. The molecule has 1 saturated carbocycles. The van der Waals surface area contributed by atoms with Gasteiger partial charge >= 0.3 is 0 Å². The summed E-state index contributed by atoms with van der Waals surface area (Å²) in [4.78, 5) is 18.0. The fourth-order valence-corrected chi connectivity index (χ4v) is 3.68. The van der Waals surface area contributed by atoms with E-state index in [0.717, 1.165) is 25.0 Å². The van der Waals surface area contributed by atoms with E-state index in [4.69, 9.17) is 0 Å². The third-order valence-electron chi connectivity index (χ3n) is 5.30. The van der Waals surface area contributed by atoms with Gasteiger partial charge in [-0.05, 0) is 45.8 Å². The van der Waals surface area contributed by atoms with Gasteiger partial charge in [0.15, 0.2) is 0 Å². The van der Waals surface area contributed by atoms with Crippen molar-refractivity contribution >= 4 is 11.9 Å². The van der Waals surface area contributed by atoms with Gasteiger partial charge in [-0.2, -0.15) is 4.98 Å². The van der Waals surface area contributed by atoms with Gasteiger partial charge in [-0.15, -0.1) is 0 Å². The Labute approximate surface area is 139 Å². The van der Waals surface area contributed by atoms with E-state index in [-0.39, 0.29) is 0 Å². The first-order valence-electron chi connectivity index (χ1n) is 9.09. The van der Waals surface area contributed by atoms with Crippen LogP contribution in [0.25, 0.3) is 0 Å². The molecule has 1 N–H and O–H groups in total. The highest BCUT2D eigenvalue weighted by Crippen LogP contribution is 2.21. The summed E-state index contributed by atoms with van der Waals surface area (Å²) in [5, 5.41) is 3.53. The van der Waals surface area contributed by atoms with E-state index < -0.39 is 0 Å². The van der Waals surface area contributed by atoms with Crippen LogP contribution in [0.3, 0.4) is 0 Å². The smallest absolute Gasteiger partial charge is 0.230 e. The molecule has 0 aromatic carbocycles. The van der Waals surface area contributed by atoms with Crippen molar-refractivity contribution in [3.63, 3.8) is 0 Å². The summed E-state index contributed by atoms with van der Waals surface area (Å²) in [6.45, 7) is 2.29. The van der Waals surface area contributed by atoms with Gasteiger partial charge in [0.1, 0.15) is 6.33 Å². The van der Waals surface area contributed by atoms with Crippen LogP contribution in [0.2, 0.25) is 0 Å². The molecule has 0 radical (unpaired) electrons. The largest absolute Gasteiger partial charge is 0.351 e. The number of likely N-dealkylation sites (tertiary alicyclic amines) is 1. The Hall–Kier alpha value is -1.43. The van der Waals surface area contributed by atoms with Crippen molar-refractivity contribution in [2.45, 2.75) is 63.5 Å². The van der Waals surface area contributed by atoms with E-state index in [9.17, 15) is 0 Å². The van der Waals surface area contributed by atoms with E-state index in [0.29, 0.717) is 12.1 Å². The molecule has 0 spiro atoms. The second-order valence-corrected chi connectivity index (χ2v) is 7.09. The molecule has 0 atom stereocenters. The molecule has 0 unspecified atom stereocenters. The lowest BCUT2D eigenvalue weighted by Gasteiger charge is -2.35. The van der Waals surface area contributed by atoms with Crippen molar-refractivity contribution in [1.29, 1.82) is 0 Å². The van der Waals surface area contributed by atoms with E-state index in [1.807, 2.05) is 0 Å². The van der Waals surface area contributed by atoms with Gasteiger partial charge in [0, 0.05) is 19.1 Å². The molecule has 1 aromatic heterocycles. The molecule has 1 saturated heterocycles. The lowest BCUT2D eigenvalue weighted by molar-refractivity contribution is 0.252. The summed E-state index contributed by atoms with van der Waals surface area (Å²) in [6, 6.07) is 1.04. The average Bonchev–Trinajstić information content (AvgIpc) is 2.84. The summed E-state index contributed by atoms with van der Waals surface area (Å²) >= 11 is 0. The summed E-state index contributed by atoms with van der Waals surface area (Å²) in [7, 11) is 4.30. The van der Waals surface area contributed by atoms with Gasteiger partial charge in [-0.3, -0.25) is 0 Å². The Bertz CT molecular complexity index is 478. The molecule has 128 valence electrons. The van der Waals surface area contributed by atoms with Crippen LogP contribution in [-0.2, 0) is 0 Å². The maximum Gasteiger partial charge on any atom is 0.230 e. The predicted molar refractivity (Wildman–Crippen MR) is 93.9 cm³/mol. The topological polar surface area (TPSA) is 57.2 Å². The Morgan fingerprint density at radius 1 is 1.04 bits per heavy atom. The summed E-state index contributed by atoms with van der Waals surface area (Å²) < 4.78 is 0. The van der Waals surface area contributed by atoms with E-state index in [2.05, 4.69) is 44.2 Å². The fourth-order valence-electron chi connectivity index (χ4n) is 3.68. The summed E-state index contributed by atoms with van der Waals surface area (Å²) in [6.07, 6.45) is 11.8. The van der Waals surface area contributed by atoms with Crippen LogP contribution in [0.1, 0.15) is 51.4 Å². The number of rotatable bonds is 4. The van der Waals surface area contributed by atoms with Gasteiger partial charge in [-0.1, -0.05) is 25.7 Å². The van der Waals surface area contributed by atoms with Crippen molar-refractivity contribution < 1.29 is 0 Å². The number of aromatic nitrogens is 3. The maximum absolute atomic E-state index is 4.67. The number of nitrogens with one attached hydrogen (secondary N) is 1. The number of nitrogens with zero attached hydrogens (tertiary/aromatic N) is 5. The molecule has 3 rings (SSSR count). The molecule has 2 heterocycles. The normalized spacial score (nSPS) is 21.8. The quantitative estimate of drug-likeness (QED) is 0.861. The molecule has 2 fully saturated rings. The number of hydrogen-bond donors (Lipinski definition) is 1. The first kappa shape index (κ1) is 16.4. The molecule has 0 bridgehead atoms. The molecule has 6 nitrogen and oxygen atoms in total. The second-order valence-electron chi connectivity index (χ2n) is 7.09. The van der Waals surface area contributed by atoms with Gasteiger partial charge in [-0.25, -0.2) is 9.97 Å². The van der Waals surface area contributed by atoms with E-state index in [1.165, 1.54) is 51.4 Å². The van der Waals surface area contributed by atoms with Crippen LogP contribution in [0, 0.1) is 0 Å². The molecule has 23 heavy (non-hydrogen) atoms. The van der Waals surface area contributed by atoms with E-state index in [1.54, 1.807) is 6.33 Å². The van der Waals surface area contributed by atoms with Crippen LogP contribution in [-0.4, -0.2) is 59.1 Å². The number of anilines is 2. The average molecular weight is 318 g/mol. The Morgan fingerprint density at radius 2 is 1.74 bits per heavy atom. The molecule has 1 aliphatic heterocycles. The van der Waals surface area contributed by atoms with Crippen molar-refractivity contribution in [3.8, 4) is 0 Å². The van der Waals surface area contributed by atoms with Gasteiger partial charge in [0.05, 0.1) is 0 Å². The van der Waals surface area contributed by atoms with Crippen molar-refractivity contribution in [1.82, 2.24) is 19.9 Å². The maximum atomic E-state index is 4.67. The van der Waals surface area contributed by atoms with Crippen LogP contribution in [0.5, 0.6) is 0 Å². The second kappa shape index (κ2) is 7.90. The molecule has 0 amide bonds. The van der Waals surface area contributed by atoms with E-state index >= 15 is 0 Å². The third-order valence-corrected chi connectivity index (χ3v) is 5.30. The van der Waals surface area contributed by atoms with Crippen LogP contribution >= 0.6 is 0 Å². The Morgan fingerprint density at radius 3 is 2.43 bits per heavy atom. The molecular formula is C17H30N6. The van der Waals surface area contributed by atoms with Gasteiger partial charge in [0.2, 0.25) is 11.9 Å². The molecule has 2 aliphatic rings. The monoisotopic (exact) mass is 318 g/mol. The lowest BCUT2D eigenvalue weighted by atomic mass is 10.0. The molecule has 1 aromatic rings. The minimum Gasteiger partial charge on any atom is -0.351 e. The van der Waals surface area contributed by atoms with Gasteiger partial charge < -0.3 is 15.1 Å². The predicted octanol–water partition coefficient (Wildman–Crippen LogP) is 2.54. The molecule has 1 aliphatic carbocycles. The highest BCUT2D eigenvalue weighted by molar-refractivity contribution is 5.36. The third kappa shape index (κ3) is 4.53. The van der Waals surface area contributed by atoms with Crippen molar-refractivity contribution in [3.05, 3.63) is 6.33 Å². The molecular weight excluding hydrogens is 288 g/mol. The van der Waals surface area contributed by atoms with Crippen LogP contribution in [0.15, 0.2) is 6.33 Å². The van der Waals surface area contributed by atoms with Crippen LogP contribution in [0.4, 0.5) is 11.9 Å². The molecule has 6 heteroatoms. The standard InChI is InChI=1S/C17H30N6/c1-22-11-9-15(10-12-22)23(2)17-19-13-18-16(21-17)20-14-7-5-3-4-6-8-14/h13-15H,3-12H2,1-2H3,(H,18,19,20,21). The zero-order chi connectivity index (χ0) is 16.1. The summed E-state index contributed by atoms with van der Waals surface area (Å²) in [5.41, 5.74) is 0. The highest BCUT2D eigenvalue weighted by atomic mass is 15.3. The van der Waals surface area contributed by atoms with Crippen LogP contribution < -0.4 is 10.2 Å². The van der Waals surface area contributed by atoms with Crippen molar-refractivity contribution in [2.75, 3.05) is 37.4 Å². The zero-order valence-electron chi connectivity index (χ0n) is 14.5. The highest BCUT2D eigenvalue weighted by Gasteiger charge is 2.23. The SMILES string of the molecule is CN1CCC(N(C)c2ncnc(NC3CCCCCC3)n2)CC1. The number of hydrogen-bond acceptors (Lipinski definition) is 6. The first-order chi connectivity index (χ1) is 11.2. The number of piperidine rings is 1. The van der Waals surface area contributed by atoms with Crippen molar-refractivity contribution in [2.24, 2.45) is 0 Å². The fraction of sp³-hybridized carbons (Fsp3) is 0.824. The first-order valence-corrected chi connectivity index (χ1v) is 9.09. The summed E-state index contributed by atoms with van der Waals surface area (Å²) in [5.74, 6) is 1.53. The minimum atomic E-state index is 0.515. The zero-order valence-corrected chi connectivity index (χ0v) is 14.5. The minimum absolute atomic E-state index is 0.515. The Kier molecular flexibility index (Phi) is 5.65. The van der Waals surface area contributed by atoms with Gasteiger partial charge in [0.25, 0.3) is 0 Å².